The second-order valence-electron chi connectivity index (χ2n) is 5.27. The molecule has 1 atom stereocenters. The van der Waals surface area contributed by atoms with Crippen LogP contribution in [0.25, 0.3) is 11.3 Å². The summed E-state index contributed by atoms with van der Waals surface area (Å²) in [4.78, 5) is 8.09. The first-order valence-corrected chi connectivity index (χ1v) is 7.18. The van der Waals surface area contributed by atoms with Crippen LogP contribution < -0.4 is 5.73 Å². The maximum absolute atomic E-state index is 5.97. The van der Waals surface area contributed by atoms with E-state index in [1.54, 1.807) is 0 Å². The molecule has 1 unspecified atom stereocenters. The first-order chi connectivity index (χ1) is 10.2. The van der Waals surface area contributed by atoms with Gasteiger partial charge in [0.2, 0.25) is 0 Å². The molecule has 0 aliphatic heterocycles. The standard InChI is InChI=1S/C18H19N3/c1-13(19)18-20-16(12-14-8-4-2-5-9-14)17(21-18)15-10-6-3-7-11-15/h2-11,13H,12,19H2,1H3,(H,20,21). The van der Waals surface area contributed by atoms with Gasteiger partial charge in [-0.1, -0.05) is 60.7 Å². The van der Waals surface area contributed by atoms with Crippen molar-refractivity contribution in [3.8, 4) is 11.3 Å². The molecule has 0 saturated heterocycles. The molecule has 0 spiro atoms. The molecule has 1 aromatic heterocycles. The predicted molar refractivity (Wildman–Crippen MR) is 85.9 cm³/mol. The number of hydrogen-bond acceptors (Lipinski definition) is 2. The van der Waals surface area contributed by atoms with E-state index in [2.05, 4.69) is 41.4 Å². The number of H-pyrrole nitrogens is 1. The van der Waals surface area contributed by atoms with E-state index in [0.717, 1.165) is 29.2 Å². The number of aromatic nitrogens is 2. The fourth-order valence-corrected chi connectivity index (χ4v) is 2.41. The van der Waals surface area contributed by atoms with Gasteiger partial charge in [0.15, 0.2) is 0 Å². The first-order valence-electron chi connectivity index (χ1n) is 7.18. The molecule has 3 heteroatoms. The van der Waals surface area contributed by atoms with Crippen molar-refractivity contribution >= 4 is 0 Å². The van der Waals surface area contributed by atoms with Gasteiger partial charge in [-0.25, -0.2) is 4.98 Å². The van der Waals surface area contributed by atoms with Crippen LogP contribution in [0, 0.1) is 0 Å². The minimum absolute atomic E-state index is 0.100. The van der Waals surface area contributed by atoms with Crippen LogP contribution in [-0.2, 0) is 6.42 Å². The molecule has 3 nitrogen and oxygen atoms in total. The average Bonchev–Trinajstić information content (AvgIpc) is 2.93. The minimum atomic E-state index is -0.100. The zero-order valence-electron chi connectivity index (χ0n) is 12.1. The van der Waals surface area contributed by atoms with Gasteiger partial charge >= 0.3 is 0 Å². The average molecular weight is 277 g/mol. The van der Waals surface area contributed by atoms with Crippen LogP contribution in [-0.4, -0.2) is 9.97 Å². The molecule has 1 heterocycles. The van der Waals surface area contributed by atoms with E-state index in [4.69, 9.17) is 10.7 Å². The fraction of sp³-hybridized carbons (Fsp3) is 0.167. The van der Waals surface area contributed by atoms with Crippen molar-refractivity contribution in [2.24, 2.45) is 5.73 Å². The van der Waals surface area contributed by atoms with Crippen LogP contribution in [0.3, 0.4) is 0 Å². The van der Waals surface area contributed by atoms with Gasteiger partial charge in [0.1, 0.15) is 5.82 Å². The molecule has 106 valence electrons. The molecule has 3 aromatic rings. The van der Waals surface area contributed by atoms with Crippen LogP contribution in [0.4, 0.5) is 0 Å². The number of nitrogens with zero attached hydrogens (tertiary/aromatic N) is 1. The van der Waals surface area contributed by atoms with Crippen molar-refractivity contribution in [1.29, 1.82) is 0 Å². The summed E-state index contributed by atoms with van der Waals surface area (Å²) < 4.78 is 0. The third-order valence-corrected chi connectivity index (χ3v) is 3.50. The Hall–Kier alpha value is -2.39. The Morgan fingerprint density at radius 3 is 2.24 bits per heavy atom. The maximum Gasteiger partial charge on any atom is 0.123 e. The van der Waals surface area contributed by atoms with E-state index in [1.165, 1.54) is 5.56 Å². The quantitative estimate of drug-likeness (QED) is 0.764. The van der Waals surface area contributed by atoms with E-state index in [9.17, 15) is 0 Å². The lowest BCUT2D eigenvalue weighted by molar-refractivity contribution is 0.753. The molecular formula is C18H19N3. The number of rotatable bonds is 4. The Kier molecular flexibility index (Phi) is 3.84. The third kappa shape index (κ3) is 3.03. The van der Waals surface area contributed by atoms with Crippen LogP contribution in [0.2, 0.25) is 0 Å². The molecule has 0 aliphatic carbocycles. The SMILES string of the molecule is CC(N)c1nc(-c2ccccc2)c(Cc2ccccc2)[nH]1. The number of hydrogen-bond donors (Lipinski definition) is 2. The number of nitrogens with one attached hydrogen (secondary N) is 1. The molecule has 0 aliphatic rings. The second-order valence-corrected chi connectivity index (χ2v) is 5.27. The summed E-state index contributed by atoms with van der Waals surface area (Å²) in [7, 11) is 0. The molecule has 3 rings (SSSR count). The molecule has 0 saturated carbocycles. The monoisotopic (exact) mass is 277 g/mol. The van der Waals surface area contributed by atoms with Crippen molar-refractivity contribution in [2.75, 3.05) is 0 Å². The van der Waals surface area contributed by atoms with Crippen molar-refractivity contribution < 1.29 is 0 Å². The van der Waals surface area contributed by atoms with E-state index in [0.29, 0.717) is 0 Å². The van der Waals surface area contributed by atoms with Crippen molar-refractivity contribution in [2.45, 2.75) is 19.4 Å². The van der Waals surface area contributed by atoms with E-state index in [1.807, 2.05) is 31.2 Å². The lowest BCUT2D eigenvalue weighted by Crippen LogP contribution is -2.06. The Balaban J connectivity index is 2.02. The highest BCUT2D eigenvalue weighted by Gasteiger charge is 2.14. The Morgan fingerprint density at radius 1 is 1.00 bits per heavy atom. The summed E-state index contributed by atoms with van der Waals surface area (Å²) in [5.74, 6) is 0.833. The highest BCUT2D eigenvalue weighted by atomic mass is 15.0. The summed E-state index contributed by atoms with van der Waals surface area (Å²) in [6, 6.07) is 20.5. The summed E-state index contributed by atoms with van der Waals surface area (Å²) in [5, 5.41) is 0. The Morgan fingerprint density at radius 2 is 1.62 bits per heavy atom. The van der Waals surface area contributed by atoms with Gasteiger partial charge in [-0.3, -0.25) is 0 Å². The third-order valence-electron chi connectivity index (χ3n) is 3.50. The number of aromatic amines is 1. The number of imidazole rings is 1. The van der Waals surface area contributed by atoms with Gasteiger partial charge in [0.25, 0.3) is 0 Å². The lowest BCUT2D eigenvalue weighted by Gasteiger charge is -2.03. The number of benzene rings is 2. The molecule has 21 heavy (non-hydrogen) atoms. The Bertz CT molecular complexity index is 700. The van der Waals surface area contributed by atoms with Crippen LogP contribution >= 0.6 is 0 Å². The van der Waals surface area contributed by atoms with Gasteiger partial charge in [-0.2, -0.15) is 0 Å². The van der Waals surface area contributed by atoms with Gasteiger partial charge in [-0.15, -0.1) is 0 Å². The van der Waals surface area contributed by atoms with Crippen LogP contribution in [0.5, 0.6) is 0 Å². The zero-order valence-corrected chi connectivity index (χ0v) is 12.1. The molecule has 0 amide bonds. The van der Waals surface area contributed by atoms with Crippen LogP contribution in [0.1, 0.15) is 30.0 Å². The van der Waals surface area contributed by atoms with Crippen molar-refractivity contribution in [3.63, 3.8) is 0 Å². The smallest absolute Gasteiger partial charge is 0.123 e. The molecule has 0 radical (unpaired) electrons. The van der Waals surface area contributed by atoms with Gasteiger partial charge in [0, 0.05) is 17.7 Å². The van der Waals surface area contributed by atoms with Crippen LogP contribution in [0.15, 0.2) is 60.7 Å². The highest BCUT2D eigenvalue weighted by molar-refractivity contribution is 5.62. The molecule has 0 bridgehead atoms. The normalized spacial score (nSPS) is 12.3. The van der Waals surface area contributed by atoms with Gasteiger partial charge in [-0.05, 0) is 12.5 Å². The predicted octanol–water partition coefficient (Wildman–Crippen LogP) is 3.69. The second kappa shape index (κ2) is 5.94. The topological polar surface area (TPSA) is 54.7 Å². The Labute approximate surface area is 124 Å². The molecular weight excluding hydrogens is 258 g/mol. The minimum Gasteiger partial charge on any atom is -0.344 e. The zero-order chi connectivity index (χ0) is 14.7. The summed E-state index contributed by atoms with van der Waals surface area (Å²) in [6.45, 7) is 1.94. The van der Waals surface area contributed by atoms with Crippen molar-refractivity contribution in [3.05, 3.63) is 77.7 Å². The molecule has 3 N–H and O–H groups in total. The van der Waals surface area contributed by atoms with E-state index >= 15 is 0 Å². The first kappa shape index (κ1) is 13.6. The number of nitrogens with two attached hydrogens (primary N) is 1. The van der Waals surface area contributed by atoms with E-state index < -0.39 is 0 Å². The van der Waals surface area contributed by atoms with Crippen molar-refractivity contribution in [1.82, 2.24) is 9.97 Å². The maximum atomic E-state index is 5.97. The lowest BCUT2D eigenvalue weighted by atomic mass is 10.0. The van der Waals surface area contributed by atoms with E-state index in [-0.39, 0.29) is 6.04 Å². The summed E-state index contributed by atoms with van der Waals surface area (Å²) in [6.07, 6.45) is 0.824. The molecule has 0 fully saturated rings. The van der Waals surface area contributed by atoms with Gasteiger partial charge in [0.05, 0.1) is 11.7 Å². The largest absolute Gasteiger partial charge is 0.344 e. The summed E-state index contributed by atoms with van der Waals surface area (Å²) >= 11 is 0. The summed E-state index contributed by atoms with van der Waals surface area (Å²) in [5.41, 5.74) is 10.5. The van der Waals surface area contributed by atoms with Gasteiger partial charge < -0.3 is 10.7 Å². The fourth-order valence-electron chi connectivity index (χ4n) is 2.41. The highest BCUT2D eigenvalue weighted by Crippen LogP contribution is 2.25. The molecule has 2 aromatic carbocycles.